The third-order valence-electron chi connectivity index (χ3n) is 5.42. The molecule has 1 heterocycles. The molecule has 1 aliphatic rings. The van der Waals surface area contributed by atoms with Gasteiger partial charge in [-0.3, -0.25) is 14.5 Å². The van der Waals surface area contributed by atoms with E-state index in [0.717, 1.165) is 54.8 Å². The fraction of sp³-hybridized carbons (Fsp3) is 0.391. The summed E-state index contributed by atoms with van der Waals surface area (Å²) in [5, 5.41) is 4.70. The first-order valence-electron chi connectivity index (χ1n) is 10.1. The summed E-state index contributed by atoms with van der Waals surface area (Å²) in [4.78, 5) is 27.5. The minimum Gasteiger partial charge on any atom is -0.354 e. The van der Waals surface area contributed by atoms with Gasteiger partial charge < -0.3 is 5.32 Å². The topological polar surface area (TPSA) is 49.4 Å². The Kier molecular flexibility index (Phi) is 7.39. The van der Waals surface area contributed by atoms with Crippen LogP contribution < -0.4 is 10.2 Å². The summed E-state index contributed by atoms with van der Waals surface area (Å²) < 4.78 is 38.9. The van der Waals surface area contributed by atoms with Crippen LogP contribution in [0.25, 0.3) is 0 Å². The molecule has 4 nitrogen and oxygen atoms in total. The Morgan fingerprint density at radius 3 is 2.39 bits per heavy atom. The minimum absolute atomic E-state index is 0.127. The van der Waals surface area contributed by atoms with Crippen LogP contribution in [0, 0.1) is 18.3 Å². The molecule has 1 unspecified atom stereocenters. The zero-order valence-electron chi connectivity index (χ0n) is 16.8. The average Bonchev–Trinajstić information content (AvgIpc) is 3.30. The largest absolute Gasteiger partial charge is 0.416 e. The minimum atomic E-state index is -4.51. The van der Waals surface area contributed by atoms with Gasteiger partial charge in [-0.25, -0.2) is 0 Å². The first-order chi connectivity index (χ1) is 14.8. The molecule has 2 amide bonds. The molecule has 0 saturated heterocycles. The molecule has 1 aromatic heterocycles. The third kappa shape index (κ3) is 5.67. The highest BCUT2D eigenvalue weighted by Gasteiger charge is 2.35. The van der Waals surface area contributed by atoms with Crippen molar-refractivity contribution in [1.82, 2.24) is 5.32 Å². The number of anilines is 1. The van der Waals surface area contributed by atoms with Crippen molar-refractivity contribution in [2.24, 2.45) is 5.92 Å². The maximum Gasteiger partial charge on any atom is 0.416 e. The standard InChI is InChI=1S/C23H23F3N2O2S/c1-2-20(29)28(18-12-10-17(11-13-18)23(24,25)26)21(19-9-6-14-31-19)22(30)27-15-16-7-4-3-5-8-16/h1,6,9-14,16,21H,3-5,7-8,15H2,(H,27,30). The lowest BCUT2D eigenvalue weighted by molar-refractivity contribution is -0.137. The van der Waals surface area contributed by atoms with Gasteiger partial charge in [-0.1, -0.05) is 25.3 Å². The normalized spacial score (nSPS) is 15.7. The Morgan fingerprint density at radius 2 is 1.84 bits per heavy atom. The summed E-state index contributed by atoms with van der Waals surface area (Å²) in [6.45, 7) is 0.492. The average molecular weight is 449 g/mol. The summed E-state index contributed by atoms with van der Waals surface area (Å²) in [5.41, 5.74) is -0.721. The van der Waals surface area contributed by atoms with Gasteiger partial charge in [-0.05, 0) is 60.4 Å². The smallest absolute Gasteiger partial charge is 0.354 e. The highest BCUT2D eigenvalue weighted by Crippen LogP contribution is 2.34. The van der Waals surface area contributed by atoms with E-state index in [1.165, 1.54) is 17.8 Å². The van der Waals surface area contributed by atoms with Crippen molar-refractivity contribution in [1.29, 1.82) is 0 Å². The van der Waals surface area contributed by atoms with Gasteiger partial charge in [0.1, 0.15) is 0 Å². The van der Waals surface area contributed by atoms with Crippen LogP contribution in [0.5, 0.6) is 0 Å². The lowest BCUT2D eigenvalue weighted by Crippen LogP contribution is -2.44. The molecule has 1 N–H and O–H groups in total. The van der Waals surface area contributed by atoms with Crippen molar-refractivity contribution >= 4 is 28.8 Å². The maximum absolute atomic E-state index is 13.2. The Balaban J connectivity index is 1.90. The van der Waals surface area contributed by atoms with E-state index >= 15 is 0 Å². The number of hydrogen-bond donors (Lipinski definition) is 1. The molecule has 0 aliphatic heterocycles. The number of nitrogens with zero attached hydrogens (tertiary/aromatic N) is 1. The molecule has 0 bridgehead atoms. The van der Waals surface area contributed by atoms with Crippen LogP contribution in [0.2, 0.25) is 0 Å². The van der Waals surface area contributed by atoms with Crippen molar-refractivity contribution in [2.75, 3.05) is 11.4 Å². The van der Waals surface area contributed by atoms with Crippen LogP contribution in [0.1, 0.15) is 48.6 Å². The summed E-state index contributed by atoms with van der Waals surface area (Å²) in [6, 6.07) is 6.45. The number of terminal acetylenes is 1. The lowest BCUT2D eigenvalue weighted by Gasteiger charge is -2.30. The van der Waals surface area contributed by atoms with Gasteiger partial charge in [0.05, 0.1) is 5.56 Å². The second kappa shape index (κ2) is 10.0. The Hall–Kier alpha value is -2.79. The van der Waals surface area contributed by atoms with Gasteiger partial charge in [0.2, 0.25) is 5.91 Å². The van der Waals surface area contributed by atoms with Gasteiger partial charge in [-0.15, -0.1) is 17.8 Å². The van der Waals surface area contributed by atoms with Gasteiger partial charge in [0, 0.05) is 17.1 Å². The van der Waals surface area contributed by atoms with Gasteiger partial charge in [0.15, 0.2) is 6.04 Å². The van der Waals surface area contributed by atoms with Crippen LogP contribution in [-0.4, -0.2) is 18.4 Å². The van der Waals surface area contributed by atoms with E-state index in [4.69, 9.17) is 6.42 Å². The van der Waals surface area contributed by atoms with E-state index in [1.54, 1.807) is 17.5 Å². The number of alkyl halides is 3. The fourth-order valence-corrected chi connectivity index (χ4v) is 4.63. The number of carbonyl (C=O) groups excluding carboxylic acids is 2. The number of thiophene rings is 1. The van der Waals surface area contributed by atoms with Crippen LogP contribution in [-0.2, 0) is 15.8 Å². The number of carbonyl (C=O) groups is 2. The molecule has 0 spiro atoms. The van der Waals surface area contributed by atoms with Crippen molar-refractivity contribution < 1.29 is 22.8 Å². The maximum atomic E-state index is 13.2. The Bertz CT molecular complexity index is 927. The molecule has 1 atom stereocenters. The predicted molar refractivity (Wildman–Crippen MR) is 114 cm³/mol. The quantitative estimate of drug-likeness (QED) is 0.620. The second-order valence-corrected chi connectivity index (χ2v) is 8.51. The highest BCUT2D eigenvalue weighted by atomic mass is 32.1. The van der Waals surface area contributed by atoms with Crippen molar-refractivity contribution in [3.8, 4) is 12.3 Å². The van der Waals surface area contributed by atoms with E-state index in [9.17, 15) is 22.8 Å². The number of benzene rings is 1. The first kappa shape index (κ1) is 22.9. The highest BCUT2D eigenvalue weighted by molar-refractivity contribution is 7.10. The zero-order valence-corrected chi connectivity index (χ0v) is 17.6. The van der Waals surface area contributed by atoms with Crippen LogP contribution >= 0.6 is 11.3 Å². The molecule has 1 aromatic carbocycles. The summed E-state index contributed by atoms with van der Waals surface area (Å²) >= 11 is 1.28. The third-order valence-corrected chi connectivity index (χ3v) is 6.35. The molecule has 0 radical (unpaired) electrons. The molecule has 8 heteroatoms. The van der Waals surface area contributed by atoms with Crippen LogP contribution in [0.3, 0.4) is 0 Å². The zero-order chi connectivity index (χ0) is 22.4. The van der Waals surface area contributed by atoms with Crippen LogP contribution in [0.4, 0.5) is 18.9 Å². The molecule has 1 saturated carbocycles. The summed E-state index contributed by atoms with van der Waals surface area (Å²) in [7, 11) is 0. The molecular formula is C23H23F3N2O2S. The molecule has 1 aliphatic carbocycles. The van der Waals surface area contributed by atoms with Gasteiger partial charge in [0.25, 0.3) is 0 Å². The number of rotatable bonds is 6. The molecule has 3 rings (SSSR count). The van der Waals surface area contributed by atoms with Crippen molar-refractivity contribution in [2.45, 2.75) is 44.3 Å². The van der Waals surface area contributed by atoms with Gasteiger partial charge in [-0.2, -0.15) is 13.2 Å². The summed E-state index contributed by atoms with van der Waals surface area (Å²) in [5.74, 6) is 1.17. The first-order valence-corrected chi connectivity index (χ1v) is 11.0. The molecule has 164 valence electrons. The van der Waals surface area contributed by atoms with E-state index in [2.05, 4.69) is 5.32 Å². The second-order valence-electron chi connectivity index (χ2n) is 7.53. The number of hydrogen-bond acceptors (Lipinski definition) is 3. The predicted octanol–water partition coefficient (Wildman–Crippen LogP) is 5.17. The van der Waals surface area contributed by atoms with E-state index in [0.29, 0.717) is 17.3 Å². The SMILES string of the molecule is C#CC(=O)N(c1ccc(C(F)(F)F)cc1)C(C(=O)NCC1CCCCC1)c1cccs1. The number of nitrogens with one attached hydrogen (secondary N) is 1. The molecule has 31 heavy (non-hydrogen) atoms. The monoisotopic (exact) mass is 448 g/mol. The Labute approximate surface area is 183 Å². The molecular weight excluding hydrogens is 425 g/mol. The lowest BCUT2D eigenvalue weighted by atomic mass is 9.89. The van der Waals surface area contributed by atoms with E-state index in [1.807, 2.05) is 5.92 Å². The fourth-order valence-electron chi connectivity index (χ4n) is 3.82. The van der Waals surface area contributed by atoms with E-state index < -0.39 is 29.6 Å². The number of halogens is 3. The van der Waals surface area contributed by atoms with Crippen molar-refractivity contribution in [3.05, 3.63) is 52.2 Å². The van der Waals surface area contributed by atoms with Crippen LogP contribution in [0.15, 0.2) is 41.8 Å². The van der Waals surface area contributed by atoms with Crippen molar-refractivity contribution in [3.63, 3.8) is 0 Å². The molecule has 2 aromatic rings. The number of amides is 2. The molecule has 1 fully saturated rings. The van der Waals surface area contributed by atoms with Gasteiger partial charge >= 0.3 is 12.1 Å². The summed E-state index contributed by atoms with van der Waals surface area (Å²) in [6.07, 6.45) is 6.36. The van der Waals surface area contributed by atoms with E-state index in [-0.39, 0.29) is 5.69 Å². The Morgan fingerprint density at radius 1 is 1.16 bits per heavy atom.